The Bertz CT molecular complexity index is 759. The molecule has 3 rings (SSSR count). The Morgan fingerprint density at radius 1 is 0.840 bits per heavy atom. The molecule has 1 amide bonds. The molecule has 0 aliphatic heterocycles. The first-order chi connectivity index (χ1) is 11.9. The van der Waals surface area contributed by atoms with E-state index in [1.54, 1.807) is 4.90 Å². The summed E-state index contributed by atoms with van der Waals surface area (Å²) >= 11 is 0. The molecule has 0 radical (unpaired) electrons. The van der Waals surface area contributed by atoms with Crippen LogP contribution in [0.25, 0.3) is 11.1 Å². The van der Waals surface area contributed by atoms with Crippen LogP contribution in [-0.4, -0.2) is 27.7 Å². The number of hydrogen-bond donors (Lipinski definition) is 1. The first kappa shape index (κ1) is 17.0. The minimum atomic E-state index is -0.914. The predicted octanol–water partition coefficient (Wildman–Crippen LogP) is 5.31. The molecule has 0 heterocycles. The van der Waals surface area contributed by atoms with E-state index in [0.29, 0.717) is 0 Å². The van der Waals surface area contributed by atoms with Gasteiger partial charge in [0.2, 0.25) is 0 Å². The second kappa shape index (κ2) is 6.60. The number of hydrogen-bond acceptors (Lipinski definition) is 1. The normalized spacial score (nSPS) is 14.8. The third-order valence-electron chi connectivity index (χ3n) is 4.43. The standard InChI is InChI=1S/C22H23NO2/c1-22(2,3)23(21(24)25)20-18(16-10-6-4-7-11-16)14-15-19(20)17-12-8-5-9-13-17/h4-15,20H,1-3H3,(H,24,25). The molecule has 0 saturated heterocycles. The first-order valence-corrected chi connectivity index (χ1v) is 8.44. The minimum Gasteiger partial charge on any atom is -0.465 e. The Kier molecular flexibility index (Phi) is 4.49. The van der Waals surface area contributed by atoms with Gasteiger partial charge in [0.15, 0.2) is 0 Å². The van der Waals surface area contributed by atoms with Crippen molar-refractivity contribution in [3.8, 4) is 0 Å². The molecule has 3 heteroatoms. The lowest BCUT2D eigenvalue weighted by molar-refractivity contribution is 0.0980. The van der Waals surface area contributed by atoms with E-state index in [4.69, 9.17) is 0 Å². The summed E-state index contributed by atoms with van der Waals surface area (Å²) in [4.78, 5) is 13.7. The van der Waals surface area contributed by atoms with Gasteiger partial charge in [-0.15, -0.1) is 0 Å². The number of carboxylic acid groups (broad SMARTS) is 1. The Morgan fingerprint density at radius 2 is 1.24 bits per heavy atom. The van der Waals surface area contributed by atoms with Gasteiger partial charge in [-0.2, -0.15) is 0 Å². The summed E-state index contributed by atoms with van der Waals surface area (Å²) in [5, 5.41) is 9.97. The quantitative estimate of drug-likeness (QED) is 0.826. The highest BCUT2D eigenvalue weighted by molar-refractivity contribution is 5.94. The van der Waals surface area contributed by atoms with Crippen LogP contribution in [0.15, 0.2) is 72.8 Å². The molecule has 2 aromatic carbocycles. The predicted molar refractivity (Wildman–Crippen MR) is 102 cm³/mol. The van der Waals surface area contributed by atoms with Gasteiger partial charge in [0.25, 0.3) is 0 Å². The molecule has 2 aromatic rings. The summed E-state index contributed by atoms with van der Waals surface area (Å²) in [5.74, 6) is 0. The molecule has 0 aromatic heterocycles. The third-order valence-corrected chi connectivity index (χ3v) is 4.43. The molecule has 128 valence electrons. The second-order valence-corrected chi connectivity index (χ2v) is 7.20. The van der Waals surface area contributed by atoms with E-state index in [-0.39, 0.29) is 6.04 Å². The highest BCUT2D eigenvalue weighted by atomic mass is 16.4. The van der Waals surface area contributed by atoms with Crippen LogP contribution in [-0.2, 0) is 0 Å². The molecule has 0 atom stereocenters. The average Bonchev–Trinajstić information content (AvgIpc) is 2.99. The Morgan fingerprint density at radius 3 is 1.56 bits per heavy atom. The van der Waals surface area contributed by atoms with Gasteiger partial charge < -0.3 is 5.11 Å². The smallest absolute Gasteiger partial charge is 0.408 e. The lowest BCUT2D eigenvalue weighted by atomic mass is 9.89. The topological polar surface area (TPSA) is 40.5 Å². The van der Waals surface area contributed by atoms with E-state index in [0.717, 1.165) is 22.3 Å². The van der Waals surface area contributed by atoms with E-state index in [1.807, 2.05) is 93.6 Å². The van der Waals surface area contributed by atoms with Crippen molar-refractivity contribution >= 4 is 17.2 Å². The fourth-order valence-corrected chi connectivity index (χ4v) is 3.36. The van der Waals surface area contributed by atoms with Gasteiger partial charge in [-0.3, -0.25) is 4.90 Å². The summed E-state index contributed by atoms with van der Waals surface area (Å²) in [6.07, 6.45) is 3.18. The summed E-state index contributed by atoms with van der Waals surface area (Å²) in [6, 6.07) is 19.7. The minimum absolute atomic E-state index is 0.331. The number of amides is 1. The van der Waals surface area contributed by atoms with E-state index >= 15 is 0 Å². The molecule has 0 bridgehead atoms. The van der Waals surface area contributed by atoms with E-state index in [1.165, 1.54) is 0 Å². The van der Waals surface area contributed by atoms with Gasteiger partial charge >= 0.3 is 6.09 Å². The van der Waals surface area contributed by atoms with Crippen LogP contribution >= 0.6 is 0 Å². The van der Waals surface area contributed by atoms with Crippen LogP contribution in [0, 0.1) is 0 Å². The van der Waals surface area contributed by atoms with E-state index < -0.39 is 11.6 Å². The second-order valence-electron chi connectivity index (χ2n) is 7.20. The fourth-order valence-electron chi connectivity index (χ4n) is 3.36. The van der Waals surface area contributed by atoms with Crippen molar-refractivity contribution in [2.24, 2.45) is 0 Å². The molecule has 1 N–H and O–H groups in total. The molecule has 0 saturated carbocycles. The molecular weight excluding hydrogens is 310 g/mol. The highest BCUT2D eigenvalue weighted by Gasteiger charge is 2.39. The number of nitrogens with zero attached hydrogens (tertiary/aromatic N) is 1. The van der Waals surface area contributed by atoms with Crippen LogP contribution in [0.2, 0.25) is 0 Å². The van der Waals surface area contributed by atoms with Gasteiger partial charge in [-0.25, -0.2) is 4.79 Å². The molecule has 1 aliphatic carbocycles. The Hall–Kier alpha value is -2.81. The summed E-state index contributed by atoms with van der Waals surface area (Å²) in [6.45, 7) is 5.81. The van der Waals surface area contributed by atoms with Crippen LogP contribution < -0.4 is 0 Å². The molecule has 0 spiro atoms. The van der Waals surface area contributed by atoms with Gasteiger partial charge in [-0.1, -0.05) is 72.8 Å². The summed E-state index contributed by atoms with van der Waals surface area (Å²) in [7, 11) is 0. The largest absolute Gasteiger partial charge is 0.465 e. The van der Waals surface area contributed by atoms with Crippen LogP contribution in [0.5, 0.6) is 0 Å². The summed E-state index contributed by atoms with van der Waals surface area (Å²) < 4.78 is 0. The van der Waals surface area contributed by atoms with Gasteiger partial charge in [-0.05, 0) is 43.0 Å². The van der Waals surface area contributed by atoms with Crippen molar-refractivity contribution in [3.63, 3.8) is 0 Å². The van der Waals surface area contributed by atoms with Crippen LogP contribution in [0.4, 0.5) is 4.79 Å². The van der Waals surface area contributed by atoms with Crippen molar-refractivity contribution in [2.45, 2.75) is 32.4 Å². The molecule has 0 unspecified atom stereocenters. The monoisotopic (exact) mass is 333 g/mol. The maximum Gasteiger partial charge on any atom is 0.408 e. The van der Waals surface area contributed by atoms with Gasteiger partial charge in [0.05, 0.1) is 6.04 Å². The third kappa shape index (κ3) is 3.36. The molecule has 25 heavy (non-hydrogen) atoms. The lowest BCUT2D eigenvalue weighted by Gasteiger charge is -2.40. The SMILES string of the molecule is CC(C)(C)N(C(=O)O)C1C(c2ccccc2)=CC=C1c1ccccc1. The maximum atomic E-state index is 12.2. The maximum absolute atomic E-state index is 12.2. The zero-order valence-electron chi connectivity index (χ0n) is 14.8. The zero-order valence-corrected chi connectivity index (χ0v) is 14.8. The summed E-state index contributed by atoms with van der Waals surface area (Å²) in [5.41, 5.74) is 3.59. The van der Waals surface area contributed by atoms with Gasteiger partial charge in [0, 0.05) is 5.54 Å². The van der Waals surface area contributed by atoms with Crippen LogP contribution in [0.3, 0.4) is 0 Å². The van der Waals surface area contributed by atoms with Crippen molar-refractivity contribution in [1.29, 1.82) is 0 Å². The van der Waals surface area contributed by atoms with E-state index in [9.17, 15) is 9.90 Å². The number of rotatable bonds is 3. The van der Waals surface area contributed by atoms with Gasteiger partial charge in [0.1, 0.15) is 0 Å². The first-order valence-electron chi connectivity index (χ1n) is 8.44. The molecule has 3 nitrogen and oxygen atoms in total. The lowest BCUT2D eigenvalue weighted by Crippen LogP contribution is -2.51. The number of carbonyl (C=O) groups is 1. The Balaban J connectivity index is 2.12. The van der Waals surface area contributed by atoms with Crippen molar-refractivity contribution < 1.29 is 9.90 Å². The highest BCUT2D eigenvalue weighted by Crippen LogP contribution is 2.40. The van der Waals surface area contributed by atoms with Crippen molar-refractivity contribution in [1.82, 2.24) is 4.90 Å². The van der Waals surface area contributed by atoms with Crippen molar-refractivity contribution in [3.05, 3.63) is 83.9 Å². The van der Waals surface area contributed by atoms with Crippen molar-refractivity contribution in [2.75, 3.05) is 0 Å². The Labute approximate surface area is 148 Å². The van der Waals surface area contributed by atoms with E-state index in [2.05, 4.69) is 0 Å². The molecule has 0 fully saturated rings. The van der Waals surface area contributed by atoms with Crippen LogP contribution in [0.1, 0.15) is 31.9 Å². The number of allylic oxidation sites excluding steroid dienone is 2. The zero-order chi connectivity index (χ0) is 18.0. The fraction of sp³-hybridized carbons (Fsp3) is 0.227. The number of benzene rings is 2. The molecule has 1 aliphatic rings. The average molecular weight is 333 g/mol. The molecular formula is C22H23NO2.